The summed E-state index contributed by atoms with van der Waals surface area (Å²) in [6.07, 6.45) is 0.632. The zero-order valence-corrected chi connectivity index (χ0v) is 12.4. The molecule has 0 radical (unpaired) electrons. The summed E-state index contributed by atoms with van der Waals surface area (Å²) in [7, 11) is -1.35. The molecule has 0 bridgehead atoms. The average Bonchev–Trinajstić information content (AvgIpc) is 2.27. The predicted molar refractivity (Wildman–Crippen MR) is 75.6 cm³/mol. The summed E-state index contributed by atoms with van der Waals surface area (Å²) in [4.78, 5) is 11.9. The first-order valence-electron chi connectivity index (χ1n) is 5.37. The molecule has 86 valence electrons. The van der Waals surface area contributed by atoms with Crippen molar-refractivity contribution in [1.29, 1.82) is 0 Å². The maximum absolute atomic E-state index is 11.9. The molecule has 0 heterocycles. The largest absolute Gasteiger partial charge is 0.294 e. The highest BCUT2D eigenvalue weighted by molar-refractivity contribution is 9.10. The zero-order valence-electron chi connectivity index (χ0n) is 9.79. The molecule has 3 heteroatoms. The number of Topliss-reactive ketones (excluding diaryl/α,β-unsaturated/α-hetero) is 1. The van der Waals surface area contributed by atoms with Crippen LogP contribution < -0.4 is 0 Å². The molecule has 0 N–H and O–H groups in total. The highest BCUT2D eigenvalue weighted by atomic mass is 79.9. The summed E-state index contributed by atoms with van der Waals surface area (Å²) in [6.45, 7) is 8.30. The van der Waals surface area contributed by atoms with E-state index >= 15 is 0 Å². The van der Waals surface area contributed by atoms with Crippen molar-refractivity contribution in [2.75, 3.05) is 0 Å². The molecule has 0 aromatic heterocycles. The Labute approximate surface area is 107 Å². The fourth-order valence-electron chi connectivity index (χ4n) is 1.32. The quantitative estimate of drug-likeness (QED) is 0.579. The normalized spacial score (nSPS) is 11.2. The van der Waals surface area contributed by atoms with Crippen molar-refractivity contribution in [1.82, 2.24) is 0 Å². The Morgan fingerprint density at radius 1 is 1.38 bits per heavy atom. The molecule has 1 rings (SSSR count). The molecule has 16 heavy (non-hydrogen) atoms. The molecule has 0 aliphatic carbocycles. The van der Waals surface area contributed by atoms with E-state index in [0.717, 1.165) is 16.1 Å². The number of carbonyl (C=O) groups is 1. The van der Waals surface area contributed by atoms with E-state index in [4.69, 9.17) is 0 Å². The van der Waals surface area contributed by atoms with E-state index in [1.54, 1.807) is 0 Å². The summed E-state index contributed by atoms with van der Waals surface area (Å²) >= 11 is 3.36. The van der Waals surface area contributed by atoms with Crippen molar-refractivity contribution in [3.05, 3.63) is 46.6 Å². The molecule has 1 nitrogen and oxygen atoms in total. The number of rotatable bonds is 5. The molecule has 0 atom stereocenters. The van der Waals surface area contributed by atoms with Gasteiger partial charge in [-0.2, -0.15) is 0 Å². The molecule has 0 unspecified atom stereocenters. The van der Waals surface area contributed by atoms with E-state index in [1.165, 1.54) is 0 Å². The molecule has 0 fully saturated rings. The fourth-order valence-corrected chi connectivity index (χ4v) is 2.66. The molecule has 1 aromatic carbocycles. The minimum Gasteiger partial charge on any atom is -0.294 e. The lowest BCUT2D eigenvalue weighted by Crippen LogP contribution is -2.22. The van der Waals surface area contributed by atoms with E-state index < -0.39 is 8.07 Å². The van der Waals surface area contributed by atoms with Gasteiger partial charge in [0, 0.05) is 16.5 Å². The highest BCUT2D eigenvalue weighted by Gasteiger charge is 2.17. The number of hydrogen-bond acceptors (Lipinski definition) is 1. The van der Waals surface area contributed by atoms with E-state index in [2.05, 4.69) is 35.6 Å². The SMILES string of the molecule is C=C[Si](C)(C)CCC(=O)c1ccc(Br)cc1. The van der Waals surface area contributed by atoms with Crippen LogP contribution in [0.2, 0.25) is 19.1 Å². The van der Waals surface area contributed by atoms with Crippen molar-refractivity contribution in [3.63, 3.8) is 0 Å². The Balaban J connectivity index is 2.60. The molecule has 0 amide bonds. The maximum Gasteiger partial charge on any atom is 0.162 e. The number of carbonyl (C=O) groups excluding carboxylic acids is 1. The topological polar surface area (TPSA) is 17.1 Å². The number of ketones is 1. The minimum absolute atomic E-state index is 0.231. The molecule has 0 saturated carbocycles. The molecule has 0 aliphatic rings. The molecular weight excluding hydrogens is 280 g/mol. The molecule has 0 saturated heterocycles. The Bertz CT molecular complexity index is 381. The van der Waals surface area contributed by atoms with Crippen molar-refractivity contribution in [2.24, 2.45) is 0 Å². The van der Waals surface area contributed by atoms with Gasteiger partial charge in [0.1, 0.15) is 0 Å². The Hall–Kier alpha value is -0.673. The lowest BCUT2D eigenvalue weighted by molar-refractivity contribution is 0.0988. The minimum atomic E-state index is -1.35. The molecule has 0 aliphatic heterocycles. The highest BCUT2D eigenvalue weighted by Crippen LogP contribution is 2.17. The third kappa shape index (κ3) is 4.06. The van der Waals surface area contributed by atoms with Gasteiger partial charge in [-0.3, -0.25) is 4.79 Å². The molecule has 0 spiro atoms. The van der Waals surface area contributed by atoms with Gasteiger partial charge >= 0.3 is 0 Å². The van der Waals surface area contributed by atoms with Gasteiger partial charge in [-0.15, -0.1) is 12.3 Å². The maximum atomic E-state index is 11.9. The third-order valence-electron chi connectivity index (χ3n) is 2.72. The van der Waals surface area contributed by atoms with Gasteiger partial charge in [-0.1, -0.05) is 41.2 Å². The van der Waals surface area contributed by atoms with Crippen molar-refractivity contribution < 1.29 is 4.79 Å². The van der Waals surface area contributed by atoms with Crippen LogP contribution >= 0.6 is 15.9 Å². The van der Waals surface area contributed by atoms with E-state index in [1.807, 2.05) is 30.0 Å². The van der Waals surface area contributed by atoms with Gasteiger partial charge in [0.2, 0.25) is 0 Å². The first kappa shape index (κ1) is 13.4. The lowest BCUT2D eigenvalue weighted by atomic mass is 10.1. The summed E-state index contributed by atoms with van der Waals surface area (Å²) in [5, 5.41) is 0. The second-order valence-electron chi connectivity index (χ2n) is 4.62. The third-order valence-corrected chi connectivity index (χ3v) is 5.89. The summed E-state index contributed by atoms with van der Waals surface area (Å²) in [6, 6.07) is 8.53. The van der Waals surface area contributed by atoms with Gasteiger partial charge in [0.15, 0.2) is 5.78 Å². The van der Waals surface area contributed by atoms with Crippen LogP contribution in [0.25, 0.3) is 0 Å². The summed E-state index contributed by atoms with van der Waals surface area (Å²) < 4.78 is 1.00. The van der Waals surface area contributed by atoms with Crippen LogP contribution in [0.1, 0.15) is 16.8 Å². The van der Waals surface area contributed by atoms with Crippen LogP contribution in [-0.4, -0.2) is 13.9 Å². The predicted octanol–water partition coefficient (Wildman–Crippen LogP) is 4.46. The zero-order chi connectivity index (χ0) is 12.2. The average molecular weight is 297 g/mol. The van der Waals surface area contributed by atoms with Gasteiger partial charge in [0.25, 0.3) is 0 Å². The van der Waals surface area contributed by atoms with E-state index in [9.17, 15) is 4.79 Å². The first-order valence-corrected chi connectivity index (χ1v) is 9.45. The number of halogens is 1. The number of benzene rings is 1. The smallest absolute Gasteiger partial charge is 0.162 e. The van der Waals surface area contributed by atoms with Crippen LogP contribution in [0.5, 0.6) is 0 Å². The second kappa shape index (κ2) is 5.59. The van der Waals surface area contributed by atoms with Crippen LogP contribution in [0, 0.1) is 0 Å². The van der Waals surface area contributed by atoms with Crippen LogP contribution in [0.3, 0.4) is 0 Å². The van der Waals surface area contributed by atoms with E-state index in [-0.39, 0.29) is 5.78 Å². The first-order chi connectivity index (χ1) is 7.44. The van der Waals surface area contributed by atoms with Gasteiger partial charge < -0.3 is 0 Å². The monoisotopic (exact) mass is 296 g/mol. The molecular formula is C13H17BrOSi. The fraction of sp³-hybridized carbons (Fsp3) is 0.308. The van der Waals surface area contributed by atoms with Crippen LogP contribution in [0.4, 0.5) is 0 Å². The summed E-state index contributed by atoms with van der Waals surface area (Å²) in [5.74, 6) is 0.231. The summed E-state index contributed by atoms with van der Waals surface area (Å²) in [5.41, 5.74) is 2.85. The second-order valence-corrected chi connectivity index (χ2v) is 10.4. The lowest BCUT2D eigenvalue weighted by Gasteiger charge is -2.15. The Morgan fingerprint density at radius 3 is 2.44 bits per heavy atom. The van der Waals surface area contributed by atoms with Gasteiger partial charge in [-0.05, 0) is 18.2 Å². The van der Waals surface area contributed by atoms with Gasteiger partial charge in [-0.25, -0.2) is 0 Å². The number of hydrogen-bond donors (Lipinski definition) is 0. The van der Waals surface area contributed by atoms with Crippen molar-refractivity contribution in [3.8, 4) is 0 Å². The van der Waals surface area contributed by atoms with E-state index in [0.29, 0.717) is 6.42 Å². The standard InChI is InChI=1S/C13H17BrOSi/c1-4-16(2,3)10-9-13(15)11-5-7-12(14)8-6-11/h4-8H,1,9-10H2,2-3H3. The van der Waals surface area contributed by atoms with Crippen molar-refractivity contribution in [2.45, 2.75) is 25.6 Å². The van der Waals surface area contributed by atoms with Gasteiger partial charge in [0.05, 0.1) is 8.07 Å². The van der Waals surface area contributed by atoms with Crippen molar-refractivity contribution >= 4 is 29.8 Å². The Morgan fingerprint density at radius 2 is 1.94 bits per heavy atom. The Kier molecular flexibility index (Phi) is 4.68. The molecule has 1 aromatic rings. The van der Waals surface area contributed by atoms with Crippen LogP contribution in [-0.2, 0) is 0 Å². The van der Waals surface area contributed by atoms with Crippen LogP contribution in [0.15, 0.2) is 41.0 Å².